The molecule has 1 aromatic heterocycles. The number of halogens is 3. The number of carbonyl (C=O) groups is 1. The van der Waals surface area contributed by atoms with E-state index >= 15 is 0 Å². The van der Waals surface area contributed by atoms with E-state index < -0.39 is 23.4 Å². The van der Waals surface area contributed by atoms with E-state index in [-0.39, 0.29) is 39.1 Å². The summed E-state index contributed by atoms with van der Waals surface area (Å²) in [6, 6.07) is 8.23. The summed E-state index contributed by atoms with van der Waals surface area (Å²) in [6.07, 6.45) is 0. The molecule has 1 amide bonds. The van der Waals surface area contributed by atoms with Crippen molar-refractivity contribution in [3.05, 3.63) is 69.2 Å². The first-order valence-electron chi connectivity index (χ1n) is 7.46. The number of nitrogens with one attached hydrogen (secondary N) is 1. The Bertz CT molecular complexity index is 1120. The fourth-order valence-electron chi connectivity index (χ4n) is 2.96. The minimum atomic E-state index is -0.694. The molecule has 0 saturated carbocycles. The summed E-state index contributed by atoms with van der Waals surface area (Å²) in [5.74, 6) is -2.36. The second-order valence-electron chi connectivity index (χ2n) is 5.73. The summed E-state index contributed by atoms with van der Waals surface area (Å²) < 4.78 is 29.1. The van der Waals surface area contributed by atoms with Crippen molar-refractivity contribution in [3.63, 3.8) is 0 Å². The summed E-state index contributed by atoms with van der Waals surface area (Å²) in [5.41, 5.74) is 0.413. The summed E-state index contributed by atoms with van der Waals surface area (Å²) in [5, 5.41) is 10.3. The zero-order valence-electron chi connectivity index (χ0n) is 13.0. The molecule has 4 nitrogen and oxygen atoms in total. The van der Waals surface area contributed by atoms with Crippen LogP contribution in [0.2, 0.25) is 0 Å². The number of aromatic amines is 1. The van der Waals surface area contributed by atoms with Gasteiger partial charge in [0.1, 0.15) is 19.5 Å². The molecule has 26 heavy (non-hydrogen) atoms. The van der Waals surface area contributed by atoms with Crippen LogP contribution < -0.4 is 5.46 Å². The van der Waals surface area contributed by atoms with Gasteiger partial charge in [0.15, 0.2) is 5.88 Å². The maximum Gasteiger partial charge on any atom is 0.280 e. The van der Waals surface area contributed by atoms with Crippen molar-refractivity contribution in [2.45, 2.75) is 0 Å². The molecule has 0 fully saturated rings. The molecule has 126 valence electrons. The number of aliphatic imine (C=N–C) groups is 1. The summed E-state index contributed by atoms with van der Waals surface area (Å²) >= 11 is 3.16. The number of carbonyl (C=O) groups excluding carboxylic acids is 1. The number of benzene rings is 2. The van der Waals surface area contributed by atoms with Gasteiger partial charge in [-0.2, -0.15) is 0 Å². The average Bonchev–Trinajstić information content (AvgIpc) is 3.07. The lowest BCUT2D eigenvalue weighted by Crippen LogP contribution is -2.09. The zero-order chi connectivity index (χ0) is 18.6. The molecule has 1 aliphatic rings. The third kappa shape index (κ3) is 2.49. The monoisotopic (exact) mass is 412 g/mol. The molecule has 0 spiro atoms. The van der Waals surface area contributed by atoms with E-state index in [2.05, 4.69) is 25.9 Å². The lowest BCUT2D eigenvalue weighted by atomic mass is 9.92. The topological polar surface area (TPSA) is 65.5 Å². The lowest BCUT2D eigenvalue weighted by Gasteiger charge is -2.04. The lowest BCUT2D eigenvalue weighted by molar-refractivity contribution is 0.101. The van der Waals surface area contributed by atoms with Gasteiger partial charge in [0.25, 0.3) is 5.91 Å². The fraction of sp³-hybridized carbons (Fsp3) is 0. The van der Waals surface area contributed by atoms with Crippen molar-refractivity contribution in [3.8, 4) is 17.1 Å². The molecule has 0 atom stereocenters. The van der Waals surface area contributed by atoms with Crippen molar-refractivity contribution in [1.82, 2.24) is 4.98 Å². The van der Waals surface area contributed by atoms with Crippen LogP contribution in [-0.4, -0.2) is 29.6 Å². The van der Waals surface area contributed by atoms with Gasteiger partial charge >= 0.3 is 0 Å². The van der Waals surface area contributed by atoms with Crippen LogP contribution in [-0.2, 0) is 0 Å². The Kier molecular flexibility index (Phi) is 3.80. The normalized spacial score (nSPS) is 13.0. The molecule has 0 saturated heterocycles. The highest BCUT2D eigenvalue weighted by atomic mass is 79.9. The number of nitrogens with zero attached hydrogens (tertiary/aromatic N) is 1. The van der Waals surface area contributed by atoms with E-state index in [1.165, 1.54) is 24.3 Å². The van der Waals surface area contributed by atoms with Crippen molar-refractivity contribution in [2.75, 3.05) is 0 Å². The third-order valence-corrected chi connectivity index (χ3v) is 4.59. The van der Waals surface area contributed by atoms with Crippen LogP contribution in [0.1, 0.15) is 21.5 Å². The quantitative estimate of drug-likeness (QED) is 0.634. The molecule has 0 bridgehead atoms. The van der Waals surface area contributed by atoms with E-state index in [9.17, 15) is 18.7 Å². The number of hydrogen-bond acceptors (Lipinski definition) is 2. The predicted octanol–water partition coefficient (Wildman–Crippen LogP) is 3.21. The molecular weight excluding hydrogens is 405 g/mol. The Morgan fingerprint density at radius 3 is 2.42 bits per heavy atom. The Morgan fingerprint density at radius 2 is 1.73 bits per heavy atom. The van der Waals surface area contributed by atoms with Crippen LogP contribution in [0, 0.1) is 11.6 Å². The van der Waals surface area contributed by atoms with Gasteiger partial charge < -0.3 is 10.1 Å². The number of aromatic hydroxyl groups is 1. The summed E-state index contributed by atoms with van der Waals surface area (Å²) in [6.45, 7) is 0. The van der Waals surface area contributed by atoms with E-state index in [1.807, 2.05) is 0 Å². The molecule has 2 heterocycles. The summed E-state index contributed by atoms with van der Waals surface area (Å²) in [7, 11) is 5.54. The van der Waals surface area contributed by atoms with Gasteiger partial charge in [0.05, 0.1) is 22.5 Å². The number of H-pyrrole nitrogens is 1. The van der Waals surface area contributed by atoms with E-state index in [4.69, 9.17) is 7.85 Å². The van der Waals surface area contributed by atoms with Gasteiger partial charge in [-0.25, -0.2) is 13.8 Å². The maximum atomic E-state index is 14.3. The molecule has 0 unspecified atom stereocenters. The first-order chi connectivity index (χ1) is 12.4. The molecule has 2 aromatic carbocycles. The Hall–Kier alpha value is -2.74. The standard InChI is InChI=1S/C18H8BBrF2N2O2/c19-7-1-3-9(11(21)5-7)15-13-14(18(26)23-15)16(24-17(13)25)10-4-2-8(20)6-12(10)22/h1-6,24-25H. The number of rotatable bonds is 2. The van der Waals surface area contributed by atoms with Crippen molar-refractivity contribution < 1.29 is 18.7 Å². The van der Waals surface area contributed by atoms with Gasteiger partial charge in [0, 0.05) is 15.6 Å². The fourth-order valence-corrected chi connectivity index (χ4v) is 3.29. The highest BCUT2D eigenvalue weighted by molar-refractivity contribution is 9.10. The smallest absolute Gasteiger partial charge is 0.280 e. The second-order valence-corrected chi connectivity index (χ2v) is 6.64. The number of fused-ring (bicyclic) bond motifs is 1. The van der Waals surface area contributed by atoms with Crippen molar-refractivity contribution in [2.24, 2.45) is 4.99 Å². The third-order valence-electron chi connectivity index (χ3n) is 4.09. The van der Waals surface area contributed by atoms with Gasteiger partial charge in [-0.1, -0.05) is 33.5 Å². The minimum Gasteiger partial charge on any atom is -0.494 e. The molecule has 2 N–H and O–H groups in total. The van der Waals surface area contributed by atoms with Crippen LogP contribution in [0.15, 0.2) is 45.9 Å². The predicted molar refractivity (Wildman–Crippen MR) is 97.3 cm³/mol. The Morgan fingerprint density at radius 1 is 1.04 bits per heavy atom. The van der Waals surface area contributed by atoms with E-state index in [1.54, 1.807) is 6.07 Å². The molecule has 1 aliphatic heterocycles. The maximum absolute atomic E-state index is 14.3. The van der Waals surface area contributed by atoms with Gasteiger partial charge in [0.2, 0.25) is 0 Å². The van der Waals surface area contributed by atoms with Crippen LogP contribution in [0.5, 0.6) is 5.88 Å². The van der Waals surface area contributed by atoms with Gasteiger partial charge in [-0.15, -0.1) is 0 Å². The molecule has 4 rings (SSSR count). The minimum absolute atomic E-state index is 0.00468. The number of aromatic nitrogens is 1. The van der Waals surface area contributed by atoms with Crippen LogP contribution in [0.25, 0.3) is 11.3 Å². The average molecular weight is 413 g/mol. The zero-order valence-corrected chi connectivity index (χ0v) is 14.6. The molecule has 2 radical (unpaired) electrons. The van der Waals surface area contributed by atoms with Gasteiger partial charge in [-0.3, -0.25) is 4.79 Å². The Balaban J connectivity index is 1.92. The molecular formula is C18H8BBrF2N2O2. The molecule has 3 aromatic rings. The largest absolute Gasteiger partial charge is 0.494 e. The van der Waals surface area contributed by atoms with Crippen LogP contribution in [0.4, 0.5) is 8.78 Å². The second kappa shape index (κ2) is 5.91. The van der Waals surface area contributed by atoms with Gasteiger partial charge in [-0.05, 0) is 24.3 Å². The summed E-state index contributed by atoms with van der Waals surface area (Å²) in [4.78, 5) is 18.9. The number of amides is 1. The highest BCUT2D eigenvalue weighted by Crippen LogP contribution is 2.39. The highest BCUT2D eigenvalue weighted by Gasteiger charge is 2.35. The van der Waals surface area contributed by atoms with Crippen LogP contribution >= 0.6 is 15.9 Å². The SMILES string of the molecule is [B]c1ccc(C2=NC(=O)c3c(-c4ccc(Br)cc4F)[nH]c(O)c32)c(F)c1. The molecule has 8 heteroatoms. The van der Waals surface area contributed by atoms with Crippen molar-refractivity contribution in [1.29, 1.82) is 0 Å². The molecule has 0 aliphatic carbocycles. The van der Waals surface area contributed by atoms with Crippen molar-refractivity contribution >= 4 is 40.9 Å². The van der Waals surface area contributed by atoms with E-state index in [0.717, 1.165) is 6.07 Å². The van der Waals surface area contributed by atoms with E-state index in [0.29, 0.717) is 4.47 Å². The number of hydrogen-bond donors (Lipinski definition) is 2. The van der Waals surface area contributed by atoms with Crippen LogP contribution in [0.3, 0.4) is 0 Å². The first-order valence-corrected chi connectivity index (χ1v) is 8.25. The Labute approximate surface area is 156 Å². The first kappa shape index (κ1) is 16.7.